The summed E-state index contributed by atoms with van der Waals surface area (Å²) in [5.41, 5.74) is -11.9. The van der Waals surface area contributed by atoms with E-state index >= 15 is 0 Å². The molecule has 1 aromatic carbocycles. The van der Waals surface area contributed by atoms with Gasteiger partial charge in [0.1, 0.15) is 10.8 Å². The number of ketones is 1. The largest absolute Gasteiger partial charge is 0.435 e. The maximum absolute atomic E-state index is 14.3. The van der Waals surface area contributed by atoms with Crippen molar-refractivity contribution >= 4 is 33.3 Å². The van der Waals surface area contributed by atoms with E-state index in [9.17, 15) is 48.7 Å². The first-order valence-electron chi connectivity index (χ1n) is 7.77. The molecule has 0 aliphatic heterocycles. The standard InChI is InChI=1S/C17H7BrClF10NO/c18-10-5-7(14(20,16(24,25)26)17(27,28)29)4-9(15(21,22)23)8(10)6-12(31)11-2-1-3-13(19)30-11/h1-5H,6H2. The summed E-state index contributed by atoms with van der Waals surface area (Å²) in [4.78, 5) is 15.8. The number of Topliss-reactive ketones (excluding diaryl/α,β-unsaturated/α-hetero) is 1. The maximum atomic E-state index is 14.3. The molecule has 0 radical (unpaired) electrons. The summed E-state index contributed by atoms with van der Waals surface area (Å²) in [7, 11) is 0. The molecule has 0 unspecified atom stereocenters. The van der Waals surface area contributed by atoms with Crippen molar-refractivity contribution in [3.05, 3.63) is 62.3 Å². The van der Waals surface area contributed by atoms with Crippen LogP contribution >= 0.6 is 27.5 Å². The lowest BCUT2D eigenvalue weighted by atomic mass is 9.89. The minimum absolute atomic E-state index is 0.0930. The minimum atomic E-state index is -6.62. The van der Waals surface area contributed by atoms with Crippen LogP contribution in [0.4, 0.5) is 43.9 Å². The summed E-state index contributed by atoms with van der Waals surface area (Å²) in [6, 6.07) is 2.88. The highest BCUT2D eigenvalue weighted by molar-refractivity contribution is 9.10. The molecule has 14 heteroatoms. The summed E-state index contributed by atoms with van der Waals surface area (Å²) in [5.74, 6) is -1.07. The lowest BCUT2D eigenvalue weighted by molar-refractivity contribution is -0.348. The number of aromatic nitrogens is 1. The Kier molecular flexibility index (Phi) is 6.73. The Balaban J connectivity index is 2.70. The van der Waals surface area contributed by atoms with Gasteiger partial charge in [-0.15, -0.1) is 0 Å². The Morgan fingerprint density at radius 3 is 1.94 bits per heavy atom. The zero-order valence-corrected chi connectivity index (χ0v) is 16.8. The number of nitrogens with zero attached hydrogens (tertiary/aromatic N) is 1. The van der Waals surface area contributed by atoms with Crippen molar-refractivity contribution in [2.75, 3.05) is 0 Å². The Morgan fingerprint density at radius 2 is 1.48 bits per heavy atom. The highest BCUT2D eigenvalue weighted by Crippen LogP contribution is 2.54. The van der Waals surface area contributed by atoms with Crippen LogP contribution in [-0.4, -0.2) is 23.1 Å². The van der Waals surface area contributed by atoms with Crippen molar-refractivity contribution in [2.45, 2.75) is 30.6 Å². The molecule has 0 N–H and O–H groups in total. The highest BCUT2D eigenvalue weighted by Gasteiger charge is 2.73. The van der Waals surface area contributed by atoms with Crippen molar-refractivity contribution < 1.29 is 48.7 Å². The molecule has 0 atom stereocenters. The van der Waals surface area contributed by atoms with Gasteiger partial charge in [0.05, 0.1) is 5.56 Å². The number of pyridine rings is 1. The number of rotatable bonds is 4. The van der Waals surface area contributed by atoms with E-state index in [0.29, 0.717) is 0 Å². The number of carbonyl (C=O) groups excluding carboxylic acids is 1. The molecule has 2 nitrogen and oxygen atoms in total. The molecule has 2 aromatic rings. The van der Waals surface area contributed by atoms with Gasteiger partial charge in [-0.3, -0.25) is 4.79 Å². The molecule has 0 aliphatic rings. The number of carbonyl (C=O) groups is 1. The number of hydrogen-bond acceptors (Lipinski definition) is 2. The first kappa shape index (κ1) is 25.4. The van der Waals surface area contributed by atoms with Crippen molar-refractivity contribution in [2.24, 2.45) is 0 Å². The van der Waals surface area contributed by atoms with Crippen LogP contribution in [0.5, 0.6) is 0 Å². The predicted molar refractivity (Wildman–Crippen MR) is 91.3 cm³/mol. The molecule has 0 saturated heterocycles. The minimum Gasteiger partial charge on any atom is -0.292 e. The predicted octanol–water partition coefficient (Wildman–Crippen LogP) is 7.23. The van der Waals surface area contributed by atoms with Crippen LogP contribution in [-0.2, 0) is 18.3 Å². The Hall–Kier alpha value is -1.89. The zero-order valence-electron chi connectivity index (χ0n) is 14.5. The number of hydrogen-bond donors (Lipinski definition) is 0. The molecule has 1 heterocycles. The second kappa shape index (κ2) is 8.23. The fourth-order valence-electron chi connectivity index (χ4n) is 2.57. The van der Waals surface area contributed by atoms with Gasteiger partial charge in [0.15, 0.2) is 5.78 Å². The van der Waals surface area contributed by atoms with Crippen LogP contribution in [0.2, 0.25) is 5.15 Å². The molecule has 0 bridgehead atoms. The van der Waals surface area contributed by atoms with Crippen LogP contribution in [0.15, 0.2) is 34.8 Å². The third-order valence-electron chi connectivity index (χ3n) is 4.02. The molecular weight excluding hydrogens is 540 g/mol. The Labute approximate surface area is 180 Å². The van der Waals surface area contributed by atoms with Gasteiger partial charge < -0.3 is 0 Å². The molecule has 1 aromatic heterocycles. The first-order valence-corrected chi connectivity index (χ1v) is 8.95. The fraction of sp³-hybridized carbons (Fsp3) is 0.294. The fourth-order valence-corrected chi connectivity index (χ4v) is 3.33. The lowest BCUT2D eigenvalue weighted by Gasteiger charge is -2.31. The van der Waals surface area contributed by atoms with Gasteiger partial charge in [-0.05, 0) is 29.8 Å². The summed E-state index contributed by atoms with van der Waals surface area (Å²) >= 11 is 8.01. The molecule has 0 fully saturated rings. The third kappa shape index (κ3) is 4.97. The molecule has 0 spiro atoms. The number of alkyl halides is 10. The van der Waals surface area contributed by atoms with E-state index in [-0.39, 0.29) is 11.2 Å². The molecule has 31 heavy (non-hydrogen) atoms. The monoisotopic (exact) mass is 545 g/mol. The van der Waals surface area contributed by atoms with E-state index in [2.05, 4.69) is 20.9 Å². The van der Waals surface area contributed by atoms with Crippen LogP contribution in [0.25, 0.3) is 0 Å². The van der Waals surface area contributed by atoms with E-state index in [1.165, 1.54) is 12.1 Å². The molecule has 0 aliphatic carbocycles. The van der Waals surface area contributed by atoms with E-state index in [1.54, 1.807) is 0 Å². The molecular formula is C17H7BrClF10NO. The Bertz CT molecular complexity index is 986. The van der Waals surface area contributed by atoms with Crippen molar-refractivity contribution in [1.29, 1.82) is 0 Å². The SMILES string of the molecule is O=C(Cc1c(Br)cc(C(F)(C(F)(F)F)C(F)(F)F)cc1C(F)(F)F)c1cccc(Cl)n1. The molecule has 170 valence electrons. The van der Waals surface area contributed by atoms with Crippen molar-refractivity contribution in [1.82, 2.24) is 4.98 Å². The smallest absolute Gasteiger partial charge is 0.292 e. The zero-order chi connectivity index (χ0) is 24.0. The van der Waals surface area contributed by atoms with Crippen LogP contribution in [0, 0.1) is 0 Å². The van der Waals surface area contributed by atoms with Crippen LogP contribution in [0.1, 0.15) is 27.2 Å². The average molecular weight is 547 g/mol. The van der Waals surface area contributed by atoms with E-state index in [1.807, 2.05) is 0 Å². The quantitative estimate of drug-likeness (QED) is 0.230. The summed E-state index contributed by atoms with van der Waals surface area (Å²) in [6.45, 7) is 0. The summed E-state index contributed by atoms with van der Waals surface area (Å²) in [6.07, 6.45) is -19.9. The second-order valence-corrected chi connectivity index (χ2v) is 7.32. The summed E-state index contributed by atoms with van der Waals surface area (Å²) < 4.78 is 131. The van der Waals surface area contributed by atoms with E-state index in [0.717, 1.165) is 6.07 Å². The average Bonchev–Trinajstić information content (AvgIpc) is 2.59. The van der Waals surface area contributed by atoms with Gasteiger partial charge in [0.2, 0.25) is 0 Å². The molecule has 0 saturated carbocycles. The maximum Gasteiger partial charge on any atom is 0.435 e. The van der Waals surface area contributed by atoms with Crippen LogP contribution < -0.4 is 0 Å². The van der Waals surface area contributed by atoms with Crippen molar-refractivity contribution in [3.8, 4) is 0 Å². The van der Waals surface area contributed by atoms with Gasteiger partial charge in [0, 0.05) is 16.5 Å². The topological polar surface area (TPSA) is 30.0 Å². The van der Waals surface area contributed by atoms with Crippen LogP contribution in [0.3, 0.4) is 0 Å². The van der Waals surface area contributed by atoms with E-state index < -0.39 is 69.3 Å². The second-order valence-electron chi connectivity index (χ2n) is 6.08. The van der Waals surface area contributed by atoms with Gasteiger partial charge in [-0.25, -0.2) is 9.37 Å². The lowest BCUT2D eigenvalue weighted by Crippen LogP contribution is -2.50. The normalized spacial score (nSPS) is 13.4. The Morgan fingerprint density at radius 1 is 0.935 bits per heavy atom. The van der Waals surface area contributed by atoms with Gasteiger partial charge in [-0.1, -0.05) is 33.6 Å². The first-order chi connectivity index (χ1) is 13.9. The van der Waals surface area contributed by atoms with Crippen molar-refractivity contribution in [3.63, 3.8) is 0 Å². The highest BCUT2D eigenvalue weighted by atomic mass is 79.9. The summed E-state index contributed by atoms with van der Waals surface area (Å²) in [5, 5.41) is -0.186. The van der Waals surface area contributed by atoms with Gasteiger partial charge in [0.25, 0.3) is 0 Å². The third-order valence-corrected chi connectivity index (χ3v) is 4.94. The molecule has 2 rings (SSSR count). The number of halogens is 12. The van der Waals surface area contributed by atoms with Gasteiger partial charge >= 0.3 is 24.2 Å². The van der Waals surface area contributed by atoms with Gasteiger partial charge in [-0.2, -0.15) is 39.5 Å². The number of benzene rings is 1. The molecule has 0 amide bonds. The van der Waals surface area contributed by atoms with E-state index in [4.69, 9.17) is 11.6 Å².